The van der Waals surface area contributed by atoms with E-state index in [9.17, 15) is 14.4 Å². The van der Waals surface area contributed by atoms with Crippen LogP contribution in [0.15, 0.2) is 35.9 Å². The van der Waals surface area contributed by atoms with Crippen LogP contribution in [0.5, 0.6) is 5.75 Å². The molecule has 128 valence electrons. The lowest BCUT2D eigenvalue weighted by Crippen LogP contribution is -2.56. The molecule has 0 saturated heterocycles. The highest BCUT2D eigenvalue weighted by Gasteiger charge is 2.35. The molecule has 0 aliphatic carbocycles. The number of methoxy groups -OCH3 is 1. The number of ether oxygens (including phenoxy) is 2. The van der Waals surface area contributed by atoms with Crippen LogP contribution in [0.3, 0.4) is 0 Å². The van der Waals surface area contributed by atoms with Crippen LogP contribution in [0, 0.1) is 0 Å². The van der Waals surface area contributed by atoms with Gasteiger partial charge < -0.3 is 9.47 Å². The van der Waals surface area contributed by atoms with Crippen LogP contribution in [0.4, 0.5) is 0 Å². The maximum absolute atomic E-state index is 12.4. The Morgan fingerprint density at radius 1 is 1.38 bits per heavy atom. The molecular weight excluding hydrogens is 312 g/mol. The number of nitrogens with zero attached hydrogens (tertiary/aromatic N) is 1. The fraction of sp³-hybridized carbons (Fsp3) is 0.353. The van der Waals surface area contributed by atoms with E-state index in [1.807, 2.05) is 0 Å². The maximum Gasteiger partial charge on any atom is 0.331 e. The van der Waals surface area contributed by atoms with E-state index in [1.165, 1.54) is 13.2 Å². The molecule has 1 aliphatic heterocycles. The van der Waals surface area contributed by atoms with Crippen LogP contribution in [-0.2, 0) is 14.3 Å². The molecule has 0 saturated carbocycles. The number of carbonyl (C=O) groups excluding carboxylic acids is 3. The smallest absolute Gasteiger partial charge is 0.331 e. The lowest BCUT2D eigenvalue weighted by atomic mass is 10.0. The molecule has 0 bridgehead atoms. The molecule has 0 radical (unpaired) electrons. The van der Waals surface area contributed by atoms with Crippen molar-refractivity contribution >= 4 is 17.8 Å². The van der Waals surface area contributed by atoms with Crippen LogP contribution < -0.4 is 10.2 Å². The van der Waals surface area contributed by atoms with Gasteiger partial charge in [0.05, 0.1) is 13.7 Å². The van der Waals surface area contributed by atoms with Crippen LogP contribution in [0.1, 0.15) is 30.6 Å². The second kappa shape index (κ2) is 7.63. The molecule has 7 heteroatoms. The summed E-state index contributed by atoms with van der Waals surface area (Å²) < 4.78 is 10.1. The lowest BCUT2D eigenvalue weighted by Gasteiger charge is -2.32. The van der Waals surface area contributed by atoms with Crippen molar-refractivity contribution in [2.24, 2.45) is 0 Å². The quantitative estimate of drug-likeness (QED) is 0.825. The third-order valence-electron chi connectivity index (χ3n) is 3.55. The predicted octanol–water partition coefficient (Wildman–Crippen LogP) is 1.45. The highest BCUT2D eigenvalue weighted by atomic mass is 16.5. The van der Waals surface area contributed by atoms with Gasteiger partial charge in [-0.1, -0.05) is 11.6 Å². The molecule has 0 fully saturated rings. The Morgan fingerprint density at radius 3 is 2.79 bits per heavy atom. The van der Waals surface area contributed by atoms with Gasteiger partial charge in [-0.3, -0.25) is 15.0 Å². The molecule has 0 spiro atoms. The van der Waals surface area contributed by atoms with E-state index in [0.29, 0.717) is 17.7 Å². The number of hydrazine groups is 1. The highest BCUT2D eigenvalue weighted by molar-refractivity contribution is 5.99. The largest absolute Gasteiger partial charge is 0.497 e. The van der Waals surface area contributed by atoms with Crippen LogP contribution >= 0.6 is 0 Å². The Morgan fingerprint density at radius 2 is 2.12 bits per heavy atom. The summed E-state index contributed by atoms with van der Waals surface area (Å²) in [6.07, 6.45) is 1.70. The van der Waals surface area contributed by atoms with Crippen molar-refractivity contribution in [1.29, 1.82) is 0 Å². The number of nitrogens with one attached hydrogen (secondary N) is 1. The van der Waals surface area contributed by atoms with Gasteiger partial charge in [0.2, 0.25) is 0 Å². The van der Waals surface area contributed by atoms with Crippen molar-refractivity contribution in [3.63, 3.8) is 0 Å². The summed E-state index contributed by atoms with van der Waals surface area (Å²) in [5.74, 6) is -1.01. The van der Waals surface area contributed by atoms with Gasteiger partial charge in [0, 0.05) is 18.1 Å². The normalized spacial score (nSPS) is 17.1. The monoisotopic (exact) mass is 332 g/mol. The summed E-state index contributed by atoms with van der Waals surface area (Å²) in [5, 5.41) is 1.02. The number of esters is 1. The minimum Gasteiger partial charge on any atom is -0.497 e. The molecule has 2 rings (SSSR count). The van der Waals surface area contributed by atoms with E-state index in [1.54, 1.807) is 38.1 Å². The molecule has 1 aromatic rings. The third kappa shape index (κ3) is 3.92. The number of carbonyl (C=O) groups is 3. The average molecular weight is 332 g/mol. The van der Waals surface area contributed by atoms with Crippen molar-refractivity contribution in [1.82, 2.24) is 10.4 Å². The number of rotatable bonds is 5. The van der Waals surface area contributed by atoms with E-state index in [2.05, 4.69) is 5.43 Å². The summed E-state index contributed by atoms with van der Waals surface area (Å²) in [6.45, 7) is 3.64. The number of benzene rings is 1. The molecular formula is C17H20N2O5. The van der Waals surface area contributed by atoms with Crippen LogP contribution in [0.25, 0.3) is 0 Å². The minimum absolute atomic E-state index is 0.198. The first kappa shape index (κ1) is 17.5. The molecule has 1 aromatic carbocycles. The van der Waals surface area contributed by atoms with Gasteiger partial charge >= 0.3 is 5.97 Å². The summed E-state index contributed by atoms with van der Waals surface area (Å²) in [5.41, 5.74) is 3.56. The Hall–Kier alpha value is -2.83. The van der Waals surface area contributed by atoms with Crippen LogP contribution in [-0.4, -0.2) is 42.6 Å². The first-order chi connectivity index (χ1) is 11.5. The topological polar surface area (TPSA) is 84.9 Å². The molecule has 1 N–H and O–H groups in total. The van der Waals surface area contributed by atoms with Gasteiger partial charge in [0.15, 0.2) is 6.04 Å². The molecule has 2 amide bonds. The van der Waals surface area contributed by atoms with E-state index in [-0.39, 0.29) is 6.61 Å². The standard InChI is InChI=1S/C17H20N2O5/c1-4-24-17(22)14-8-11(2)9-15(20)19(14)18-16(21)12-6-5-7-13(10-12)23-3/h5-7,9-10,14H,4,8H2,1-3H3,(H,18,21)/t14-/m1/s1. The van der Waals surface area contributed by atoms with Crippen molar-refractivity contribution in [3.8, 4) is 5.75 Å². The first-order valence-corrected chi connectivity index (χ1v) is 7.58. The number of hydrogen-bond donors (Lipinski definition) is 1. The van der Waals surface area contributed by atoms with Gasteiger partial charge in [-0.2, -0.15) is 0 Å². The van der Waals surface area contributed by atoms with E-state index in [4.69, 9.17) is 9.47 Å². The van der Waals surface area contributed by atoms with Gasteiger partial charge in [-0.05, 0) is 32.0 Å². The summed E-state index contributed by atoms with van der Waals surface area (Å²) in [4.78, 5) is 36.7. The third-order valence-corrected chi connectivity index (χ3v) is 3.55. The van der Waals surface area contributed by atoms with E-state index >= 15 is 0 Å². The predicted molar refractivity (Wildman–Crippen MR) is 86.1 cm³/mol. The fourth-order valence-corrected chi connectivity index (χ4v) is 2.39. The lowest BCUT2D eigenvalue weighted by molar-refractivity contribution is -0.155. The molecule has 7 nitrogen and oxygen atoms in total. The second-order valence-corrected chi connectivity index (χ2v) is 5.34. The zero-order valence-electron chi connectivity index (χ0n) is 13.9. The zero-order valence-corrected chi connectivity index (χ0v) is 13.9. The first-order valence-electron chi connectivity index (χ1n) is 7.58. The molecule has 24 heavy (non-hydrogen) atoms. The Kier molecular flexibility index (Phi) is 5.57. The minimum atomic E-state index is -0.878. The Bertz CT molecular complexity index is 683. The summed E-state index contributed by atoms with van der Waals surface area (Å²) in [7, 11) is 1.50. The van der Waals surface area contributed by atoms with E-state index < -0.39 is 23.8 Å². The zero-order chi connectivity index (χ0) is 17.7. The van der Waals surface area contributed by atoms with Crippen molar-refractivity contribution in [2.75, 3.05) is 13.7 Å². The molecule has 0 unspecified atom stereocenters. The molecule has 1 heterocycles. The summed E-state index contributed by atoms with van der Waals surface area (Å²) >= 11 is 0. The van der Waals surface area contributed by atoms with Crippen LogP contribution in [0.2, 0.25) is 0 Å². The van der Waals surface area contributed by atoms with Gasteiger partial charge in [-0.15, -0.1) is 0 Å². The number of hydrogen-bond acceptors (Lipinski definition) is 5. The molecule has 0 aromatic heterocycles. The summed E-state index contributed by atoms with van der Waals surface area (Å²) in [6, 6.07) is 5.63. The SMILES string of the molecule is CCOC(=O)[C@H]1CC(C)=CC(=O)N1NC(=O)c1cccc(OC)c1. The molecule has 1 atom stereocenters. The number of amides is 2. The van der Waals surface area contributed by atoms with Crippen molar-refractivity contribution in [2.45, 2.75) is 26.3 Å². The molecule has 1 aliphatic rings. The van der Waals surface area contributed by atoms with Gasteiger partial charge in [0.25, 0.3) is 11.8 Å². The Labute approximate surface area is 140 Å². The van der Waals surface area contributed by atoms with E-state index in [0.717, 1.165) is 10.6 Å². The fourth-order valence-electron chi connectivity index (χ4n) is 2.39. The highest BCUT2D eigenvalue weighted by Crippen LogP contribution is 2.19. The van der Waals surface area contributed by atoms with Gasteiger partial charge in [-0.25, -0.2) is 9.80 Å². The van der Waals surface area contributed by atoms with Crippen molar-refractivity contribution in [3.05, 3.63) is 41.5 Å². The average Bonchev–Trinajstić information content (AvgIpc) is 2.57. The maximum atomic E-state index is 12.4. The van der Waals surface area contributed by atoms with Gasteiger partial charge in [0.1, 0.15) is 5.75 Å². The van der Waals surface area contributed by atoms with Crippen molar-refractivity contribution < 1.29 is 23.9 Å². The second-order valence-electron chi connectivity index (χ2n) is 5.34. The Balaban J connectivity index is 2.21.